The molecule has 24 heavy (non-hydrogen) atoms. The Labute approximate surface area is 140 Å². The van der Waals surface area contributed by atoms with Gasteiger partial charge in [-0.2, -0.15) is 0 Å². The van der Waals surface area contributed by atoms with E-state index in [1.165, 1.54) is 18.7 Å². The van der Waals surface area contributed by atoms with E-state index in [4.69, 9.17) is 4.74 Å². The van der Waals surface area contributed by atoms with Gasteiger partial charge in [0, 0.05) is 18.7 Å². The maximum absolute atomic E-state index is 14.1. The van der Waals surface area contributed by atoms with E-state index in [0.717, 1.165) is 32.0 Å². The minimum absolute atomic E-state index is 0.264. The van der Waals surface area contributed by atoms with Crippen LogP contribution in [0, 0.1) is 17.6 Å². The van der Waals surface area contributed by atoms with Crippen LogP contribution in [-0.4, -0.2) is 30.2 Å². The van der Waals surface area contributed by atoms with E-state index in [2.05, 4.69) is 4.90 Å². The quantitative estimate of drug-likeness (QED) is 0.905. The van der Waals surface area contributed by atoms with E-state index in [1.54, 1.807) is 12.1 Å². The van der Waals surface area contributed by atoms with Crippen molar-refractivity contribution >= 4 is 0 Å². The number of nitrogens with zero attached hydrogens (tertiary/aromatic N) is 1. The van der Waals surface area contributed by atoms with E-state index < -0.39 is 11.6 Å². The van der Waals surface area contributed by atoms with Crippen molar-refractivity contribution in [2.45, 2.75) is 19.4 Å². The van der Waals surface area contributed by atoms with Gasteiger partial charge in [-0.3, -0.25) is 4.90 Å². The van der Waals surface area contributed by atoms with Crippen molar-refractivity contribution in [2.24, 2.45) is 5.92 Å². The molecule has 0 bridgehead atoms. The maximum Gasteiger partial charge on any atom is 0.167 e. The van der Waals surface area contributed by atoms with Gasteiger partial charge >= 0.3 is 0 Å². The van der Waals surface area contributed by atoms with Crippen molar-refractivity contribution < 1.29 is 18.6 Å². The standard InChI is InChI=1S/C19H21F2NO2/c1-24-18-7-6-17(20)19(21)16(18)12-22-9-8-14(11-22)10-13-2-4-15(23)5-3-13/h2-7,14,23H,8-12H2,1H3. The molecule has 5 heteroatoms. The van der Waals surface area contributed by atoms with Crippen LogP contribution in [0.1, 0.15) is 17.5 Å². The van der Waals surface area contributed by atoms with Gasteiger partial charge in [-0.1, -0.05) is 12.1 Å². The van der Waals surface area contributed by atoms with Crippen LogP contribution in [0.3, 0.4) is 0 Å². The number of benzene rings is 2. The summed E-state index contributed by atoms with van der Waals surface area (Å²) in [6.07, 6.45) is 1.93. The van der Waals surface area contributed by atoms with Crippen molar-refractivity contribution in [2.75, 3.05) is 20.2 Å². The Balaban J connectivity index is 1.64. The number of methoxy groups -OCH3 is 1. The fourth-order valence-corrected chi connectivity index (χ4v) is 3.33. The van der Waals surface area contributed by atoms with E-state index in [0.29, 0.717) is 18.2 Å². The monoisotopic (exact) mass is 333 g/mol. The molecule has 1 unspecified atom stereocenters. The summed E-state index contributed by atoms with van der Waals surface area (Å²) in [5, 5.41) is 9.34. The second kappa shape index (κ2) is 7.18. The summed E-state index contributed by atoms with van der Waals surface area (Å²) in [7, 11) is 1.47. The number of aromatic hydroxyl groups is 1. The van der Waals surface area contributed by atoms with Crippen molar-refractivity contribution in [3.05, 3.63) is 59.2 Å². The zero-order valence-corrected chi connectivity index (χ0v) is 13.6. The number of likely N-dealkylation sites (tertiary alicyclic amines) is 1. The fourth-order valence-electron chi connectivity index (χ4n) is 3.33. The summed E-state index contributed by atoms with van der Waals surface area (Å²) < 4.78 is 32.7. The van der Waals surface area contributed by atoms with Crippen molar-refractivity contribution in [3.63, 3.8) is 0 Å². The van der Waals surface area contributed by atoms with Crippen LogP contribution in [0.5, 0.6) is 11.5 Å². The lowest BCUT2D eigenvalue weighted by atomic mass is 9.99. The Hall–Kier alpha value is -2.14. The first-order chi connectivity index (χ1) is 11.6. The molecular weight excluding hydrogens is 312 g/mol. The third-order valence-electron chi connectivity index (χ3n) is 4.59. The largest absolute Gasteiger partial charge is 0.508 e. The molecule has 0 radical (unpaired) electrons. The summed E-state index contributed by atoms with van der Waals surface area (Å²) in [4.78, 5) is 2.13. The predicted octanol–water partition coefficient (Wildman–Crippen LogP) is 3.74. The second-order valence-electron chi connectivity index (χ2n) is 6.30. The van der Waals surface area contributed by atoms with E-state index in [1.807, 2.05) is 12.1 Å². The molecule has 0 aliphatic carbocycles. The zero-order valence-electron chi connectivity index (χ0n) is 13.6. The Kier molecular flexibility index (Phi) is 5.00. The number of phenols is 1. The van der Waals surface area contributed by atoms with Crippen molar-refractivity contribution in [1.29, 1.82) is 0 Å². The van der Waals surface area contributed by atoms with Gasteiger partial charge in [-0.25, -0.2) is 8.78 Å². The molecule has 1 atom stereocenters. The summed E-state index contributed by atoms with van der Waals surface area (Å²) in [6.45, 7) is 2.03. The van der Waals surface area contributed by atoms with E-state index >= 15 is 0 Å². The van der Waals surface area contributed by atoms with Gasteiger partial charge in [-0.15, -0.1) is 0 Å². The lowest BCUT2D eigenvalue weighted by Gasteiger charge is -2.18. The highest BCUT2D eigenvalue weighted by molar-refractivity contribution is 5.35. The molecule has 1 heterocycles. The van der Waals surface area contributed by atoms with Crippen LogP contribution in [0.15, 0.2) is 36.4 Å². The molecule has 3 nitrogen and oxygen atoms in total. The summed E-state index contributed by atoms with van der Waals surface area (Å²) in [5.74, 6) is -0.546. The molecule has 3 rings (SSSR count). The molecular formula is C19H21F2NO2. The molecule has 0 saturated carbocycles. The highest BCUT2D eigenvalue weighted by Crippen LogP contribution is 2.28. The second-order valence-corrected chi connectivity index (χ2v) is 6.30. The molecule has 1 aliphatic heterocycles. The number of ether oxygens (including phenoxy) is 1. The van der Waals surface area contributed by atoms with Crippen LogP contribution in [0.4, 0.5) is 8.78 Å². The molecule has 2 aromatic rings. The van der Waals surface area contributed by atoms with Crippen molar-refractivity contribution in [3.8, 4) is 11.5 Å². The normalized spacial score (nSPS) is 18.0. The summed E-state index contributed by atoms with van der Waals surface area (Å²) in [5.41, 5.74) is 1.46. The third kappa shape index (κ3) is 3.67. The molecule has 128 valence electrons. The summed E-state index contributed by atoms with van der Waals surface area (Å²) in [6, 6.07) is 9.79. The molecule has 1 N–H and O–H groups in total. The van der Waals surface area contributed by atoms with Crippen LogP contribution < -0.4 is 4.74 Å². The molecule has 0 aromatic heterocycles. The van der Waals surface area contributed by atoms with Crippen LogP contribution in [-0.2, 0) is 13.0 Å². The first kappa shape index (κ1) is 16.7. The van der Waals surface area contributed by atoms with Gasteiger partial charge in [-0.05, 0) is 55.1 Å². The Morgan fingerprint density at radius 2 is 1.92 bits per heavy atom. The summed E-state index contributed by atoms with van der Waals surface area (Å²) >= 11 is 0. The van der Waals surface area contributed by atoms with Crippen LogP contribution >= 0.6 is 0 Å². The Bertz CT molecular complexity index is 703. The minimum Gasteiger partial charge on any atom is -0.508 e. The van der Waals surface area contributed by atoms with E-state index in [9.17, 15) is 13.9 Å². The number of hydrogen-bond donors (Lipinski definition) is 1. The molecule has 2 aromatic carbocycles. The molecule has 1 aliphatic rings. The van der Waals surface area contributed by atoms with Crippen LogP contribution in [0.2, 0.25) is 0 Å². The number of hydrogen-bond acceptors (Lipinski definition) is 3. The number of rotatable bonds is 5. The third-order valence-corrected chi connectivity index (χ3v) is 4.59. The minimum atomic E-state index is -0.842. The SMILES string of the molecule is COc1ccc(F)c(F)c1CN1CCC(Cc2ccc(O)cc2)C1. The number of halogens is 2. The highest BCUT2D eigenvalue weighted by Gasteiger charge is 2.25. The van der Waals surface area contributed by atoms with Gasteiger partial charge in [0.2, 0.25) is 0 Å². The smallest absolute Gasteiger partial charge is 0.167 e. The van der Waals surface area contributed by atoms with E-state index in [-0.39, 0.29) is 11.3 Å². The predicted molar refractivity (Wildman–Crippen MR) is 88.1 cm³/mol. The van der Waals surface area contributed by atoms with Gasteiger partial charge in [0.1, 0.15) is 11.5 Å². The Morgan fingerprint density at radius 3 is 2.62 bits per heavy atom. The van der Waals surface area contributed by atoms with Crippen molar-refractivity contribution in [1.82, 2.24) is 4.90 Å². The Morgan fingerprint density at radius 1 is 1.17 bits per heavy atom. The highest BCUT2D eigenvalue weighted by atomic mass is 19.2. The number of phenolic OH excluding ortho intramolecular Hbond substituents is 1. The van der Waals surface area contributed by atoms with Gasteiger partial charge in [0.05, 0.1) is 7.11 Å². The van der Waals surface area contributed by atoms with Gasteiger partial charge in [0.25, 0.3) is 0 Å². The molecule has 1 saturated heterocycles. The fraction of sp³-hybridized carbons (Fsp3) is 0.368. The lowest BCUT2D eigenvalue weighted by Crippen LogP contribution is -2.22. The first-order valence-corrected chi connectivity index (χ1v) is 8.08. The molecule has 1 fully saturated rings. The van der Waals surface area contributed by atoms with Crippen LogP contribution in [0.25, 0.3) is 0 Å². The zero-order chi connectivity index (χ0) is 17.1. The molecule has 0 spiro atoms. The first-order valence-electron chi connectivity index (χ1n) is 8.08. The van der Waals surface area contributed by atoms with Gasteiger partial charge in [0.15, 0.2) is 11.6 Å². The lowest BCUT2D eigenvalue weighted by molar-refractivity contribution is 0.299. The average molecular weight is 333 g/mol. The van der Waals surface area contributed by atoms with Gasteiger partial charge < -0.3 is 9.84 Å². The maximum atomic E-state index is 14.1. The topological polar surface area (TPSA) is 32.7 Å². The average Bonchev–Trinajstić information content (AvgIpc) is 3.01. The molecule has 0 amide bonds.